The van der Waals surface area contributed by atoms with Crippen LogP contribution in [0, 0.1) is 6.92 Å². The first kappa shape index (κ1) is 19.3. The number of ether oxygens (including phenoxy) is 1. The molecule has 0 radical (unpaired) electrons. The highest BCUT2D eigenvalue weighted by Gasteiger charge is 2.23. The molecule has 0 aliphatic rings. The number of thioether (sulfide) groups is 1. The number of hydrogen-bond donors (Lipinski definition) is 0. The predicted molar refractivity (Wildman–Crippen MR) is 117 cm³/mol. The molecule has 1 unspecified atom stereocenters. The number of para-hydroxylation sites is 1. The van der Waals surface area contributed by atoms with E-state index in [4.69, 9.17) is 4.74 Å². The Hall–Kier alpha value is -3.06. The van der Waals surface area contributed by atoms with Gasteiger partial charge in [-0.3, -0.25) is 9.20 Å². The van der Waals surface area contributed by atoms with Crippen LogP contribution < -0.4 is 9.64 Å². The van der Waals surface area contributed by atoms with Crippen LogP contribution in [0.5, 0.6) is 5.75 Å². The molecule has 29 heavy (non-hydrogen) atoms. The number of methoxy groups -OCH3 is 1. The number of nitrogens with zero attached hydrogens (tertiary/aromatic N) is 4. The highest BCUT2D eigenvalue weighted by atomic mass is 32.2. The van der Waals surface area contributed by atoms with Gasteiger partial charge in [-0.1, -0.05) is 30.0 Å². The minimum absolute atomic E-state index is 0.00643. The number of amides is 1. The Kier molecular flexibility index (Phi) is 5.15. The number of fused-ring (bicyclic) bond motifs is 3. The van der Waals surface area contributed by atoms with E-state index in [2.05, 4.69) is 17.1 Å². The van der Waals surface area contributed by atoms with Crippen molar-refractivity contribution in [1.82, 2.24) is 14.6 Å². The second-order valence-corrected chi connectivity index (χ2v) is 8.19. The third-order valence-corrected chi connectivity index (χ3v) is 6.01. The topological polar surface area (TPSA) is 59.7 Å². The molecular weight excluding hydrogens is 384 g/mol. The van der Waals surface area contributed by atoms with Crippen LogP contribution in [0.1, 0.15) is 12.5 Å². The lowest BCUT2D eigenvalue weighted by atomic mass is 10.1. The van der Waals surface area contributed by atoms with E-state index in [0.29, 0.717) is 5.16 Å². The van der Waals surface area contributed by atoms with Gasteiger partial charge in [-0.15, -0.1) is 10.2 Å². The maximum atomic E-state index is 13.0. The van der Waals surface area contributed by atoms with Crippen molar-refractivity contribution in [3.05, 3.63) is 60.2 Å². The molecule has 0 aliphatic carbocycles. The van der Waals surface area contributed by atoms with Crippen LogP contribution in [0.4, 0.5) is 5.69 Å². The maximum absolute atomic E-state index is 13.0. The summed E-state index contributed by atoms with van der Waals surface area (Å²) in [5.74, 6) is 0.772. The van der Waals surface area contributed by atoms with Crippen molar-refractivity contribution in [2.45, 2.75) is 24.3 Å². The van der Waals surface area contributed by atoms with Crippen LogP contribution in [0.15, 0.2) is 59.8 Å². The SMILES string of the molecule is COc1ccc2c(C)cc3nnc(SC(C)C(=O)N(C)c4ccccc4)n3c2c1. The molecule has 2 heterocycles. The zero-order valence-corrected chi connectivity index (χ0v) is 17.6. The smallest absolute Gasteiger partial charge is 0.240 e. The second-order valence-electron chi connectivity index (χ2n) is 6.88. The van der Waals surface area contributed by atoms with E-state index < -0.39 is 0 Å². The summed E-state index contributed by atoms with van der Waals surface area (Å²) in [5.41, 5.74) is 3.69. The summed E-state index contributed by atoms with van der Waals surface area (Å²) in [6, 6.07) is 17.6. The Labute approximate surface area is 173 Å². The summed E-state index contributed by atoms with van der Waals surface area (Å²) in [7, 11) is 3.44. The summed E-state index contributed by atoms with van der Waals surface area (Å²) in [5, 5.41) is 10.1. The maximum Gasteiger partial charge on any atom is 0.240 e. The number of benzene rings is 2. The van der Waals surface area contributed by atoms with Gasteiger partial charge in [0.1, 0.15) is 5.75 Å². The lowest BCUT2D eigenvalue weighted by molar-refractivity contribution is -0.117. The van der Waals surface area contributed by atoms with Crippen LogP contribution in [0.3, 0.4) is 0 Å². The van der Waals surface area contributed by atoms with Crippen molar-refractivity contribution in [3.8, 4) is 5.75 Å². The largest absolute Gasteiger partial charge is 0.497 e. The van der Waals surface area contributed by atoms with E-state index >= 15 is 0 Å². The van der Waals surface area contributed by atoms with Gasteiger partial charge in [-0.25, -0.2) is 0 Å². The summed E-state index contributed by atoms with van der Waals surface area (Å²) in [4.78, 5) is 14.6. The highest BCUT2D eigenvalue weighted by Crippen LogP contribution is 2.31. The molecule has 2 aromatic heterocycles. The standard InChI is InChI=1S/C22H22N4O2S/c1-14-12-20-23-24-22(26(20)19-13-17(28-4)10-11-18(14)19)29-15(2)21(27)25(3)16-8-6-5-7-9-16/h5-13,15H,1-4H3. The molecule has 0 aliphatic heterocycles. The molecule has 148 valence electrons. The first-order valence-corrected chi connectivity index (χ1v) is 10.2. The van der Waals surface area contributed by atoms with Crippen LogP contribution in [-0.2, 0) is 4.79 Å². The fourth-order valence-corrected chi connectivity index (χ4v) is 4.33. The molecule has 0 bridgehead atoms. The van der Waals surface area contributed by atoms with Crippen molar-refractivity contribution >= 4 is 39.9 Å². The van der Waals surface area contributed by atoms with Crippen LogP contribution >= 0.6 is 11.8 Å². The van der Waals surface area contributed by atoms with E-state index in [9.17, 15) is 4.79 Å². The molecule has 0 fully saturated rings. The minimum Gasteiger partial charge on any atom is -0.497 e. The van der Waals surface area contributed by atoms with Gasteiger partial charge in [0.2, 0.25) is 5.91 Å². The fourth-order valence-electron chi connectivity index (χ4n) is 3.37. The van der Waals surface area contributed by atoms with Gasteiger partial charge in [0, 0.05) is 24.2 Å². The van der Waals surface area contributed by atoms with Crippen molar-refractivity contribution in [2.75, 3.05) is 19.1 Å². The van der Waals surface area contributed by atoms with E-state index in [0.717, 1.165) is 33.6 Å². The summed E-state index contributed by atoms with van der Waals surface area (Å²) in [6.07, 6.45) is 0. The zero-order valence-electron chi connectivity index (χ0n) is 16.8. The van der Waals surface area contributed by atoms with Gasteiger partial charge in [-0.2, -0.15) is 0 Å². The monoisotopic (exact) mass is 406 g/mol. The Bertz CT molecular complexity index is 1190. The van der Waals surface area contributed by atoms with Crippen LogP contribution in [-0.4, -0.2) is 39.9 Å². The number of carbonyl (C=O) groups excluding carboxylic acids is 1. The summed E-state index contributed by atoms with van der Waals surface area (Å²) >= 11 is 1.40. The molecule has 0 N–H and O–H groups in total. The zero-order chi connectivity index (χ0) is 20.5. The number of anilines is 1. The van der Waals surface area contributed by atoms with E-state index in [1.165, 1.54) is 11.8 Å². The number of carbonyl (C=O) groups is 1. The normalized spacial score (nSPS) is 12.3. The Morgan fingerprint density at radius 2 is 1.90 bits per heavy atom. The number of hydrogen-bond acceptors (Lipinski definition) is 5. The fraction of sp³-hybridized carbons (Fsp3) is 0.227. The number of pyridine rings is 1. The number of rotatable bonds is 5. The number of aryl methyl sites for hydroxylation is 1. The molecule has 0 saturated heterocycles. The van der Waals surface area contributed by atoms with Crippen LogP contribution in [0.2, 0.25) is 0 Å². The molecule has 1 amide bonds. The van der Waals surface area contributed by atoms with Gasteiger partial charge in [0.15, 0.2) is 10.8 Å². The minimum atomic E-state index is -0.324. The van der Waals surface area contributed by atoms with Gasteiger partial charge in [-0.05, 0) is 49.7 Å². The lowest BCUT2D eigenvalue weighted by Gasteiger charge is -2.20. The molecule has 7 heteroatoms. The summed E-state index contributed by atoms with van der Waals surface area (Å²) < 4.78 is 7.39. The van der Waals surface area contributed by atoms with Crippen LogP contribution in [0.25, 0.3) is 16.6 Å². The quantitative estimate of drug-likeness (QED) is 0.461. The first-order chi connectivity index (χ1) is 14.0. The Balaban J connectivity index is 1.71. The lowest BCUT2D eigenvalue weighted by Crippen LogP contribution is -2.33. The third-order valence-electron chi connectivity index (χ3n) is 4.98. The molecule has 4 aromatic rings. The highest BCUT2D eigenvalue weighted by molar-refractivity contribution is 8.00. The summed E-state index contributed by atoms with van der Waals surface area (Å²) in [6.45, 7) is 3.95. The molecule has 0 saturated carbocycles. The number of aromatic nitrogens is 3. The van der Waals surface area contributed by atoms with Gasteiger partial charge in [0.05, 0.1) is 17.9 Å². The Morgan fingerprint density at radius 1 is 1.14 bits per heavy atom. The van der Waals surface area contributed by atoms with Gasteiger partial charge < -0.3 is 9.64 Å². The average molecular weight is 407 g/mol. The van der Waals surface area contributed by atoms with E-state index in [1.54, 1.807) is 19.1 Å². The molecule has 2 aromatic carbocycles. The molecule has 6 nitrogen and oxygen atoms in total. The van der Waals surface area contributed by atoms with E-state index in [1.807, 2.05) is 65.9 Å². The first-order valence-electron chi connectivity index (χ1n) is 9.31. The molecular formula is C22H22N4O2S. The Morgan fingerprint density at radius 3 is 2.62 bits per heavy atom. The van der Waals surface area contributed by atoms with Crippen molar-refractivity contribution < 1.29 is 9.53 Å². The second kappa shape index (κ2) is 7.75. The van der Waals surface area contributed by atoms with E-state index in [-0.39, 0.29) is 11.2 Å². The van der Waals surface area contributed by atoms with Gasteiger partial charge >= 0.3 is 0 Å². The molecule has 1 atom stereocenters. The predicted octanol–water partition coefficient (Wildman–Crippen LogP) is 4.34. The van der Waals surface area contributed by atoms with Crippen molar-refractivity contribution in [3.63, 3.8) is 0 Å². The average Bonchev–Trinajstić information content (AvgIpc) is 3.15. The third kappa shape index (κ3) is 3.53. The molecule has 0 spiro atoms. The van der Waals surface area contributed by atoms with Gasteiger partial charge in [0.25, 0.3) is 0 Å². The molecule has 4 rings (SSSR count). The van der Waals surface area contributed by atoms with Crippen molar-refractivity contribution in [2.24, 2.45) is 0 Å². The van der Waals surface area contributed by atoms with Crippen molar-refractivity contribution in [1.29, 1.82) is 0 Å².